The molecule has 0 saturated carbocycles. The molecule has 7 nitrogen and oxygen atoms in total. The van der Waals surface area contributed by atoms with Crippen LogP contribution >= 0.6 is 0 Å². The molecule has 0 bridgehead atoms. The van der Waals surface area contributed by atoms with Crippen LogP contribution in [0.2, 0.25) is 0 Å². The number of hydrogen-bond donors (Lipinski definition) is 2. The minimum absolute atomic E-state index is 0.146. The Kier molecular flexibility index (Phi) is 7.33. The fourth-order valence-electron chi connectivity index (χ4n) is 3.39. The average molecular weight is 434 g/mol. The van der Waals surface area contributed by atoms with Crippen LogP contribution in [0, 0.1) is 0 Å². The van der Waals surface area contributed by atoms with Crippen molar-refractivity contribution >= 4 is 17.7 Å². The molecule has 0 aliphatic carbocycles. The third-order valence-electron chi connectivity index (χ3n) is 5.15. The minimum atomic E-state index is -1.10. The first kappa shape index (κ1) is 22.7. The maximum Gasteiger partial charge on any atom is 0.326 e. The fraction of sp³-hybridized carbons (Fsp3) is 0.200. The van der Waals surface area contributed by atoms with Gasteiger partial charge in [0.1, 0.15) is 17.5 Å². The summed E-state index contributed by atoms with van der Waals surface area (Å²) in [6, 6.07) is 20.5. The second kappa shape index (κ2) is 10.3. The Morgan fingerprint density at radius 3 is 2.03 bits per heavy atom. The first-order chi connectivity index (χ1) is 15.4. The largest absolute Gasteiger partial charge is 0.496 e. The van der Waals surface area contributed by atoms with Crippen LogP contribution in [0.1, 0.15) is 5.56 Å². The number of benzene rings is 3. The lowest BCUT2D eigenvalue weighted by Crippen LogP contribution is -2.47. The van der Waals surface area contributed by atoms with E-state index in [1.54, 1.807) is 33.4 Å². The molecule has 0 aliphatic heterocycles. The number of para-hydroxylation sites is 1. The number of carbonyl (C=O) groups excluding carboxylic acids is 1. The zero-order chi connectivity index (χ0) is 23.1. The molecule has 1 atom stereocenters. The molecule has 0 aliphatic rings. The third-order valence-corrected chi connectivity index (χ3v) is 5.15. The molecule has 0 heterocycles. The number of anilines is 1. The SMILES string of the molecule is COc1cccc(OC)c1-c1ccc(C[C@H](NC(=O)N(C)c2ccccc2)C(=O)O)cc1. The minimum Gasteiger partial charge on any atom is -0.496 e. The highest BCUT2D eigenvalue weighted by Crippen LogP contribution is 2.38. The summed E-state index contributed by atoms with van der Waals surface area (Å²) in [4.78, 5) is 25.7. The summed E-state index contributed by atoms with van der Waals surface area (Å²) in [5, 5.41) is 12.2. The summed E-state index contributed by atoms with van der Waals surface area (Å²) < 4.78 is 10.9. The van der Waals surface area contributed by atoms with Crippen molar-refractivity contribution in [1.29, 1.82) is 0 Å². The van der Waals surface area contributed by atoms with E-state index in [0.29, 0.717) is 17.2 Å². The summed E-state index contributed by atoms with van der Waals surface area (Å²) in [5.74, 6) is 0.253. The molecule has 0 spiro atoms. The lowest BCUT2D eigenvalue weighted by molar-refractivity contribution is -0.139. The second-order valence-electron chi connectivity index (χ2n) is 7.17. The van der Waals surface area contributed by atoms with Crippen LogP contribution in [-0.4, -0.2) is 44.4 Å². The molecule has 3 rings (SSSR count). The standard InChI is InChI=1S/C25H26N2O5/c1-27(19-8-5-4-6-9-19)25(30)26-20(24(28)29)16-17-12-14-18(15-13-17)23-21(31-2)10-7-11-22(23)32-3/h4-15,20H,16H2,1-3H3,(H,26,30)(H,28,29)/t20-/m0/s1. The van der Waals surface area contributed by atoms with Crippen molar-refractivity contribution in [2.75, 3.05) is 26.2 Å². The van der Waals surface area contributed by atoms with Crippen LogP contribution in [-0.2, 0) is 11.2 Å². The molecule has 32 heavy (non-hydrogen) atoms. The number of carboxylic acids is 1. The third kappa shape index (κ3) is 5.18. The van der Waals surface area contributed by atoms with Gasteiger partial charge in [0.25, 0.3) is 0 Å². The molecule has 7 heteroatoms. The van der Waals surface area contributed by atoms with Gasteiger partial charge in [-0.15, -0.1) is 0 Å². The molecule has 0 unspecified atom stereocenters. The maximum atomic E-state index is 12.6. The van der Waals surface area contributed by atoms with Crippen LogP contribution in [0.3, 0.4) is 0 Å². The summed E-state index contributed by atoms with van der Waals surface area (Å²) in [6.07, 6.45) is 0.146. The number of rotatable bonds is 8. The quantitative estimate of drug-likeness (QED) is 0.554. The van der Waals surface area contributed by atoms with Gasteiger partial charge in [0, 0.05) is 19.2 Å². The molecule has 2 N–H and O–H groups in total. The molecule has 0 radical (unpaired) electrons. The Hall–Kier alpha value is -4.00. The van der Waals surface area contributed by atoms with Gasteiger partial charge in [0.15, 0.2) is 0 Å². The zero-order valence-corrected chi connectivity index (χ0v) is 18.2. The van der Waals surface area contributed by atoms with E-state index in [1.165, 1.54) is 4.90 Å². The number of ether oxygens (including phenoxy) is 2. The molecule has 0 aromatic heterocycles. The predicted molar refractivity (Wildman–Crippen MR) is 123 cm³/mol. The number of methoxy groups -OCH3 is 2. The van der Waals surface area contributed by atoms with E-state index >= 15 is 0 Å². The van der Waals surface area contributed by atoms with Crippen LogP contribution in [0.5, 0.6) is 11.5 Å². The predicted octanol–water partition coefficient (Wildman–Crippen LogP) is 4.21. The van der Waals surface area contributed by atoms with Crippen molar-refractivity contribution in [3.63, 3.8) is 0 Å². The molecule has 2 amide bonds. The van der Waals surface area contributed by atoms with Gasteiger partial charge >= 0.3 is 12.0 Å². The van der Waals surface area contributed by atoms with Crippen LogP contribution in [0.4, 0.5) is 10.5 Å². The molecular weight excluding hydrogens is 408 g/mol. The molecule has 3 aromatic carbocycles. The van der Waals surface area contributed by atoms with E-state index in [0.717, 1.165) is 16.7 Å². The Morgan fingerprint density at radius 1 is 0.906 bits per heavy atom. The number of aliphatic carboxylic acids is 1. The van der Waals surface area contributed by atoms with Crippen molar-refractivity contribution in [3.8, 4) is 22.6 Å². The number of urea groups is 1. The summed E-state index contributed by atoms with van der Waals surface area (Å²) in [6.45, 7) is 0. The second-order valence-corrected chi connectivity index (χ2v) is 7.17. The highest BCUT2D eigenvalue weighted by Gasteiger charge is 2.23. The number of amides is 2. The average Bonchev–Trinajstić information content (AvgIpc) is 2.83. The summed E-state index contributed by atoms with van der Waals surface area (Å²) >= 11 is 0. The zero-order valence-electron chi connectivity index (χ0n) is 18.2. The van der Waals surface area contributed by atoms with Crippen LogP contribution < -0.4 is 19.7 Å². The number of nitrogens with zero attached hydrogens (tertiary/aromatic N) is 1. The van der Waals surface area contributed by atoms with Gasteiger partial charge in [-0.3, -0.25) is 4.90 Å². The number of nitrogens with one attached hydrogen (secondary N) is 1. The molecular formula is C25H26N2O5. The number of carboxylic acid groups (broad SMARTS) is 1. The topological polar surface area (TPSA) is 88.1 Å². The van der Waals surface area contributed by atoms with Gasteiger partial charge in [-0.05, 0) is 35.4 Å². The smallest absolute Gasteiger partial charge is 0.326 e. The molecule has 3 aromatic rings. The van der Waals surface area contributed by atoms with Gasteiger partial charge in [0.2, 0.25) is 0 Å². The van der Waals surface area contributed by atoms with Gasteiger partial charge in [0.05, 0.1) is 19.8 Å². The van der Waals surface area contributed by atoms with E-state index < -0.39 is 18.0 Å². The Bertz CT molecular complexity index is 1050. The Labute approximate surface area is 187 Å². The molecule has 0 saturated heterocycles. The summed E-state index contributed by atoms with van der Waals surface area (Å²) in [5.41, 5.74) is 3.14. The normalized spacial score (nSPS) is 11.3. The van der Waals surface area contributed by atoms with E-state index in [1.807, 2.05) is 60.7 Å². The highest BCUT2D eigenvalue weighted by atomic mass is 16.5. The van der Waals surface area contributed by atoms with Crippen molar-refractivity contribution in [1.82, 2.24) is 5.32 Å². The fourth-order valence-corrected chi connectivity index (χ4v) is 3.39. The lowest BCUT2D eigenvalue weighted by atomic mass is 9.99. The first-order valence-electron chi connectivity index (χ1n) is 10.1. The van der Waals surface area contributed by atoms with Crippen molar-refractivity contribution in [3.05, 3.63) is 78.4 Å². The van der Waals surface area contributed by atoms with Gasteiger partial charge in [-0.25, -0.2) is 9.59 Å². The highest BCUT2D eigenvalue weighted by molar-refractivity contribution is 5.94. The van der Waals surface area contributed by atoms with Crippen LogP contribution in [0.15, 0.2) is 72.8 Å². The monoisotopic (exact) mass is 434 g/mol. The van der Waals surface area contributed by atoms with E-state index in [9.17, 15) is 14.7 Å². The van der Waals surface area contributed by atoms with Crippen molar-refractivity contribution < 1.29 is 24.2 Å². The van der Waals surface area contributed by atoms with E-state index in [-0.39, 0.29) is 6.42 Å². The van der Waals surface area contributed by atoms with E-state index in [4.69, 9.17) is 9.47 Å². The van der Waals surface area contributed by atoms with E-state index in [2.05, 4.69) is 5.32 Å². The molecule has 0 fully saturated rings. The number of hydrogen-bond acceptors (Lipinski definition) is 4. The lowest BCUT2D eigenvalue weighted by Gasteiger charge is -2.21. The van der Waals surface area contributed by atoms with Gasteiger partial charge < -0.3 is 19.9 Å². The van der Waals surface area contributed by atoms with Crippen molar-refractivity contribution in [2.45, 2.75) is 12.5 Å². The Balaban J connectivity index is 1.76. The maximum absolute atomic E-state index is 12.6. The van der Waals surface area contributed by atoms with Crippen LogP contribution in [0.25, 0.3) is 11.1 Å². The van der Waals surface area contributed by atoms with Gasteiger partial charge in [-0.1, -0.05) is 48.5 Å². The number of carbonyl (C=O) groups is 2. The van der Waals surface area contributed by atoms with Crippen molar-refractivity contribution in [2.24, 2.45) is 0 Å². The Morgan fingerprint density at radius 2 is 1.50 bits per heavy atom. The van der Waals surface area contributed by atoms with Gasteiger partial charge in [-0.2, -0.15) is 0 Å². The molecule has 166 valence electrons. The first-order valence-corrected chi connectivity index (χ1v) is 10.1. The summed E-state index contributed by atoms with van der Waals surface area (Å²) in [7, 11) is 4.79.